The summed E-state index contributed by atoms with van der Waals surface area (Å²) < 4.78 is 0. The van der Waals surface area contributed by atoms with Gasteiger partial charge in [-0.3, -0.25) is 9.78 Å². The molecule has 1 aromatic carbocycles. The number of piperidine rings is 1. The monoisotopic (exact) mass is 393 g/mol. The lowest BCUT2D eigenvalue weighted by atomic mass is 9.89. The van der Waals surface area contributed by atoms with Crippen LogP contribution in [0.3, 0.4) is 0 Å². The van der Waals surface area contributed by atoms with Crippen LogP contribution in [0.5, 0.6) is 0 Å². The third-order valence-corrected chi connectivity index (χ3v) is 7.59. The molecule has 0 radical (unpaired) electrons. The van der Waals surface area contributed by atoms with Crippen molar-refractivity contribution in [1.82, 2.24) is 9.88 Å². The minimum atomic E-state index is 0.235. The molecule has 2 aromatic rings. The van der Waals surface area contributed by atoms with Crippen molar-refractivity contribution in [1.29, 1.82) is 0 Å². The van der Waals surface area contributed by atoms with Gasteiger partial charge in [0.15, 0.2) is 5.78 Å². The van der Waals surface area contributed by atoms with Crippen molar-refractivity contribution in [2.75, 3.05) is 36.8 Å². The van der Waals surface area contributed by atoms with E-state index in [-0.39, 0.29) is 5.78 Å². The summed E-state index contributed by atoms with van der Waals surface area (Å²) in [5.41, 5.74) is 3.89. The number of Topliss-reactive ketones (excluding diaryl/α,β-unsaturated/α-hetero) is 1. The van der Waals surface area contributed by atoms with Gasteiger partial charge in [-0.05, 0) is 55.3 Å². The largest absolute Gasteiger partial charge is 0.367 e. The average molecular weight is 394 g/mol. The van der Waals surface area contributed by atoms with E-state index in [1.54, 1.807) is 18.0 Å². The highest BCUT2D eigenvalue weighted by Crippen LogP contribution is 2.50. The molecule has 28 heavy (non-hydrogen) atoms. The lowest BCUT2D eigenvalue weighted by molar-refractivity contribution is 0.0971. The molecular weight excluding hydrogens is 366 g/mol. The molecule has 0 spiro atoms. The summed E-state index contributed by atoms with van der Waals surface area (Å²) in [5, 5.41) is 0. The molecule has 0 N–H and O–H groups in total. The lowest BCUT2D eigenvalue weighted by Crippen LogP contribution is -2.46. The number of nitrogens with zero attached hydrogens (tertiary/aromatic N) is 3. The van der Waals surface area contributed by atoms with Crippen LogP contribution >= 0.6 is 11.8 Å². The molecule has 1 saturated heterocycles. The van der Waals surface area contributed by atoms with Gasteiger partial charge in [-0.2, -0.15) is 0 Å². The zero-order valence-corrected chi connectivity index (χ0v) is 17.0. The molecular formula is C23H27N3OS. The number of fused-ring (bicyclic) bond motifs is 3. The smallest absolute Gasteiger partial charge is 0.163 e. The van der Waals surface area contributed by atoms with Crippen LogP contribution in [0.2, 0.25) is 0 Å². The molecule has 1 aromatic heterocycles. The van der Waals surface area contributed by atoms with Gasteiger partial charge in [0.25, 0.3) is 0 Å². The van der Waals surface area contributed by atoms with Crippen LogP contribution in [-0.4, -0.2) is 53.6 Å². The van der Waals surface area contributed by atoms with Crippen molar-refractivity contribution < 1.29 is 4.79 Å². The average Bonchev–Trinajstić information content (AvgIpc) is 2.90. The molecule has 146 valence electrons. The predicted octanol–water partition coefficient (Wildman–Crippen LogP) is 4.22. The number of hydrogen-bond acceptors (Lipinski definition) is 5. The van der Waals surface area contributed by atoms with Gasteiger partial charge in [0, 0.05) is 60.9 Å². The van der Waals surface area contributed by atoms with Crippen LogP contribution in [-0.2, 0) is 0 Å². The lowest BCUT2D eigenvalue weighted by Gasteiger charge is -2.39. The Labute approximate surface area is 171 Å². The van der Waals surface area contributed by atoms with E-state index in [9.17, 15) is 4.79 Å². The maximum atomic E-state index is 12.3. The molecule has 0 unspecified atom stereocenters. The predicted molar refractivity (Wildman–Crippen MR) is 115 cm³/mol. The fourth-order valence-electron chi connectivity index (χ4n) is 5.16. The molecule has 4 heterocycles. The van der Waals surface area contributed by atoms with Gasteiger partial charge < -0.3 is 9.80 Å². The Morgan fingerprint density at radius 1 is 1.18 bits per heavy atom. The zero-order valence-electron chi connectivity index (χ0n) is 16.2. The summed E-state index contributed by atoms with van der Waals surface area (Å²) in [5.74, 6) is 2.10. The van der Waals surface area contributed by atoms with Gasteiger partial charge in [0.2, 0.25) is 0 Å². The topological polar surface area (TPSA) is 36.4 Å². The number of para-hydroxylation sites is 1. The summed E-state index contributed by atoms with van der Waals surface area (Å²) >= 11 is 2.03. The fraction of sp³-hybridized carbons (Fsp3) is 0.478. The molecule has 0 bridgehead atoms. The van der Waals surface area contributed by atoms with E-state index in [1.165, 1.54) is 35.7 Å². The van der Waals surface area contributed by atoms with Crippen molar-refractivity contribution in [3.8, 4) is 0 Å². The zero-order chi connectivity index (χ0) is 18.9. The van der Waals surface area contributed by atoms with Crippen LogP contribution < -0.4 is 4.90 Å². The Hall–Kier alpha value is -1.85. The van der Waals surface area contributed by atoms with Crippen molar-refractivity contribution in [3.63, 3.8) is 0 Å². The number of thioether (sulfide) groups is 1. The molecule has 5 heteroatoms. The van der Waals surface area contributed by atoms with Crippen LogP contribution in [0.25, 0.3) is 0 Å². The van der Waals surface area contributed by atoms with Gasteiger partial charge in [-0.25, -0.2) is 0 Å². The molecule has 1 fully saturated rings. The van der Waals surface area contributed by atoms with Gasteiger partial charge in [0.1, 0.15) is 0 Å². The maximum Gasteiger partial charge on any atom is 0.163 e. The number of carbonyl (C=O) groups excluding carboxylic acids is 1. The minimum Gasteiger partial charge on any atom is -0.367 e. The number of carbonyl (C=O) groups is 1. The highest BCUT2D eigenvalue weighted by Gasteiger charge is 2.43. The first-order valence-electron chi connectivity index (χ1n) is 10.5. The SMILES string of the molecule is O=C(CCCN1CC[C@H]2[C@@H](C1)c1cccc3c1N2CCCS3)c1ccncc1. The van der Waals surface area contributed by atoms with E-state index in [2.05, 4.69) is 33.0 Å². The molecule has 5 rings (SSSR count). The molecule has 2 atom stereocenters. The maximum absolute atomic E-state index is 12.3. The summed E-state index contributed by atoms with van der Waals surface area (Å²) in [6.45, 7) is 4.51. The van der Waals surface area contributed by atoms with E-state index in [0.717, 1.165) is 31.6 Å². The number of benzene rings is 1. The molecule has 3 aliphatic heterocycles. The third-order valence-electron chi connectivity index (χ3n) is 6.46. The van der Waals surface area contributed by atoms with Crippen LogP contribution in [0.1, 0.15) is 47.5 Å². The van der Waals surface area contributed by atoms with E-state index in [0.29, 0.717) is 18.4 Å². The number of aromatic nitrogens is 1. The van der Waals surface area contributed by atoms with Crippen LogP contribution in [0.4, 0.5) is 5.69 Å². The second-order valence-electron chi connectivity index (χ2n) is 8.12. The third kappa shape index (κ3) is 3.35. The minimum absolute atomic E-state index is 0.235. The normalized spacial score (nSPS) is 23.8. The summed E-state index contributed by atoms with van der Waals surface area (Å²) in [7, 11) is 0. The first-order chi connectivity index (χ1) is 13.8. The first kappa shape index (κ1) is 18.2. The Morgan fingerprint density at radius 2 is 2.07 bits per heavy atom. The highest BCUT2D eigenvalue weighted by atomic mass is 32.2. The Kier molecular flexibility index (Phi) is 5.12. The van der Waals surface area contributed by atoms with Gasteiger partial charge in [-0.15, -0.1) is 11.8 Å². The second kappa shape index (κ2) is 7.88. The van der Waals surface area contributed by atoms with Gasteiger partial charge in [-0.1, -0.05) is 12.1 Å². The summed E-state index contributed by atoms with van der Waals surface area (Å²) in [4.78, 5) is 23.1. The number of hydrogen-bond donors (Lipinski definition) is 0. The number of rotatable bonds is 5. The molecule has 0 amide bonds. The quantitative estimate of drug-likeness (QED) is 0.711. The van der Waals surface area contributed by atoms with Crippen molar-refractivity contribution in [2.24, 2.45) is 0 Å². The van der Waals surface area contributed by atoms with Crippen molar-refractivity contribution in [3.05, 3.63) is 53.9 Å². The Morgan fingerprint density at radius 3 is 2.96 bits per heavy atom. The Balaban J connectivity index is 1.23. The van der Waals surface area contributed by atoms with E-state index in [1.807, 2.05) is 23.9 Å². The molecule has 4 nitrogen and oxygen atoms in total. The summed E-state index contributed by atoms with van der Waals surface area (Å²) in [6.07, 6.45) is 7.47. The fourth-order valence-corrected chi connectivity index (χ4v) is 6.20. The van der Waals surface area contributed by atoms with E-state index >= 15 is 0 Å². The van der Waals surface area contributed by atoms with Crippen LogP contribution in [0, 0.1) is 0 Å². The van der Waals surface area contributed by atoms with Gasteiger partial charge >= 0.3 is 0 Å². The number of pyridine rings is 1. The van der Waals surface area contributed by atoms with Gasteiger partial charge in [0.05, 0.1) is 5.69 Å². The van der Waals surface area contributed by atoms with E-state index < -0.39 is 0 Å². The summed E-state index contributed by atoms with van der Waals surface area (Å²) in [6, 6.07) is 11.2. The Bertz CT molecular complexity index is 856. The number of ketones is 1. The molecule has 3 aliphatic rings. The molecule has 0 aliphatic carbocycles. The standard InChI is InChI=1S/C23H27N3OS/c27-21(17-7-10-24-11-8-17)5-2-12-25-14-9-20-19(16-25)18-4-1-6-22-23(18)26(20)13-3-15-28-22/h1,4,6-8,10-11,19-20H,2-3,5,9,12-16H2/t19-,20-/m0/s1. The second-order valence-corrected chi connectivity index (χ2v) is 9.25. The first-order valence-corrected chi connectivity index (χ1v) is 11.5. The van der Waals surface area contributed by atoms with E-state index in [4.69, 9.17) is 0 Å². The highest BCUT2D eigenvalue weighted by molar-refractivity contribution is 7.99. The number of anilines is 1. The van der Waals surface area contributed by atoms with Crippen LogP contribution in [0.15, 0.2) is 47.6 Å². The van der Waals surface area contributed by atoms with Crippen molar-refractivity contribution >= 4 is 23.2 Å². The number of likely N-dealkylation sites (tertiary alicyclic amines) is 1. The van der Waals surface area contributed by atoms with Crippen molar-refractivity contribution in [2.45, 2.75) is 42.5 Å². The molecule has 0 saturated carbocycles.